The van der Waals surface area contributed by atoms with Crippen molar-refractivity contribution in [3.63, 3.8) is 0 Å². The van der Waals surface area contributed by atoms with Crippen LogP contribution in [0.1, 0.15) is 51.2 Å². The number of carbonyl (C=O) groups is 2. The minimum absolute atomic E-state index is 0.0525. The van der Waals surface area contributed by atoms with E-state index in [9.17, 15) is 9.59 Å². The highest BCUT2D eigenvalue weighted by atomic mass is 79.9. The Morgan fingerprint density at radius 2 is 1.67 bits per heavy atom. The summed E-state index contributed by atoms with van der Waals surface area (Å²) in [5, 5.41) is 0. The predicted octanol–water partition coefficient (Wildman–Crippen LogP) is 4.20. The van der Waals surface area contributed by atoms with E-state index < -0.39 is 22.9 Å². The Morgan fingerprint density at radius 1 is 1.10 bits per heavy atom. The molecule has 1 saturated carbocycles. The van der Waals surface area contributed by atoms with Crippen molar-refractivity contribution in [2.75, 3.05) is 0 Å². The van der Waals surface area contributed by atoms with E-state index in [0.29, 0.717) is 0 Å². The fourth-order valence-electron chi connectivity index (χ4n) is 3.72. The fourth-order valence-corrected chi connectivity index (χ4v) is 3.99. The van der Waals surface area contributed by atoms with E-state index >= 15 is 0 Å². The Bertz CT molecular complexity index is 583. The summed E-state index contributed by atoms with van der Waals surface area (Å²) >= 11 is 3.41. The lowest BCUT2D eigenvalue weighted by atomic mass is 9.64. The molecular formula is C17H19BrO3. The van der Waals surface area contributed by atoms with Gasteiger partial charge in [0.05, 0.1) is 5.41 Å². The molecule has 1 atom stereocenters. The van der Waals surface area contributed by atoms with Crippen LogP contribution in [0.2, 0.25) is 0 Å². The third-order valence-corrected chi connectivity index (χ3v) is 5.45. The molecule has 2 aliphatic rings. The van der Waals surface area contributed by atoms with Crippen molar-refractivity contribution >= 4 is 27.7 Å². The van der Waals surface area contributed by atoms with Crippen LogP contribution >= 0.6 is 15.9 Å². The first-order valence-corrected chi connectivity index (χ1v) is 8.19. The standard InChI is InChI=1S/C17H19BrO3/c1-16(2)14(19)17(9-3-4-10-17)13(21-15(16)20)11-5-7-12(18)8-6-11/h5-8,13H,3-4,9-10H2,1-2H3. The fraction of sp³-hybridized carbons (Fsp3) is 0.529. The van der Waals surface area contributed by atoms with Crippen LogP contribution in [-0.2, 0) is 14.3 Å². The van der Waals surface area contributed by atoms with Gasteiger partial charge in [-0.15, -0.1) is 0 Å². The van der Waals surface area contributed by atoms with Gasteiger partial charge in [0, 0.05) is 4.47 Å². The molecule has 21 heavy (non-hydrogen) atoms. The molecule has 1 aliphatic heterocycles. The van der Waals surface area contributed by atoms with Crippen LogP contribution < -0.4 is 0 Å². The predicted molar refractivity (Wildman–Crippen MR) is 82.7 cm³/mol. The number of Topliss-reactive ketones (excluding diaryl/α,β-unsaturated/α-hetero) is 1. The Balaban J connectivity index is 2.08. The highest BCUT2D eigenvalue weighted by Crippen LogP contribution is 2.56. The average molecular weight is 351 g/mol. The lowest BCUT2D eigenvalue weighted by Gasteiger charge is -2.45. The van der Waals surface area contributed by atoms with Crippen molar-refractivity contribution < 1.29 is 14.3 Å². The Labute approximate surface area is 133 Å². The van der Waals surface area contributed by atoms with E-state index in [-0.39, 0.29) is 5.78 Å². The van der Waals surface area contributed by atoms with Crippen molar-refractivity contribution in [1.29, 1.82) is 0 Å². The number of ketones is 1. The Kier molecular flexibility index (Phi) is 3.47. The van der Waals surface area contributed by atoms with Gasteiger partial charge in [-0.25, -0.2) is 0 Å². The second kappa shape index (κ2) is 4.94. The maximum Gasteiger partial charge on any atom is 0.319 e. The van der Waals surface area contributed by atoms with Crippen LogP contribution in [0.15, 0.2) is 28.7 Å². The number of benzene rings is 1. The smallest absolute Gasteiger partial charge is 0.319 e. The molecule has 1 spiro atoms. The molecule has 0 aromatic heterocycles. The molecule has 1 saturated heterocycles. The molecule has 3 rings (SSSR count). The first kappa shape index (κ1) is 14.8. The molecule has 3 nitrogen and oxygen atoms in total. The number of rotatable bonds is 1. The van der Waals surface area contributed by atoms with Gasteiger partial charge < -0.3 is 4.74 Å². The number of hydrogen-bond acceptors (Lipinski definition) is 3. The van der Waals surface area contributed by atoms with Crippen molar-refractivity contribution in [1.82, 2.24) is 0 Å². The minimum atomic E-state index is -1.03. The molecule has 0 amide bonds. The normalized spacial score (nSPS) is 26.9. The highest BCUT2D eigenvalue weighted by molar-refractivity contribution is 9.10. The van der Waals surface area contributed by atoms with Crippen LogP contribution in [-0.4, -0.2) is 11.8 Å². The van der Waals surface area contributed by atoms with E-state index in [2.05, 4.69) is 15.9 Å². The van der Waals surface area contributed by atoms with Crippen LogP contribution in [0.4, 0.5) is 0 Å². The molecule has 1 unspecified atom stereocenters. The second-order valence-electron chi connectivity index (χ2n) is 6.65. The number of esters is 1. The zero-order chi connectivity index (χ0) is 15.3. The summed E-state index contributed by atoms with van der Waals surface area (Å²) in [6, 6.07) is 7.73. The van der Waals surface area contributed by atoms with E-state index in [0.717, 1.165) is 35.7 Å². The van der Waals surface area contributed by atoms with Gasteiger partial charge >= 0.3 is 5.97 Å². The molecule has 0 bridgehead atoms. The molecule has 1 aromatic carbocycles. The SMILES string of the molecule is CC1(C)C(=O)OC(c2ccc(Br)cc2)C2(CCCC2)C1=O. The van der Waals surface area contributed by atoms with Crippen molar-refractivity contribution in [2.24, 2.45) is 10.8 Å². The van der Waals surface area contributed by atoms with E-state index in [1.807, 2.05) is 24.3 Å². The molecule has 1 heterocycles. The number of carbonyl (C=O) groups excluding carboxylic acids is 2. The third kappa shape index (κ3) is 2.15. The van der Waals surface area contributed by atoms with Gasteiger partial charge in [-0.05, 0) is 44.4 Å². The minimum Gasteiger partial charge on any atom is -0.456 e. The summed E-state index contributed by atoms with van der Waals surface area (Å²) in [5.74, 6) is -0.352. The monoisotopic (exact) mass is 350 g/mol. The van der Waals surface area contributed by atoms with Crippen molar-refractivity contribution in [3.05, 3.63) is 34.3 Å². The zero-order valence-corrected chi connectivity index (χ0v) is 13.9. The van der Waals surface area contributed by atoms with Gasteiger partial charge in [-0.3, -0.25) is 9.59 Å². The van der Waals surface area contributed by atoms with Gasteiger partial charge in [-0.2, -0.15) is 0 Å². The summed E-state index contributed by atoms with van der Waals surface area (Å²) in [6.45, 7) is 3.38. The van der Waals surface area contributed by atoms with Gasteiger partial charge in [-0.1, -0.05) is 40.9 Å². The lowest BCUT2D eigenvalue weighted by Crippen LogP contribution is -2.53. The quantitative estimate of drug-likeness (QED) is 0.563. The largest absolute Gasteiger partial charge is 0.456 e. The molecule has 1 aromatic rings. The van der Waals surface area contributed by atoms with E-state index in [1.165, 1.54) is 0 Å². The van der Waals surface area contributed by atoms with Gasteiger partial charge in [0.2, 0.25) is 0 Å². The molecule has 0 N–H and O–H groups in total. The van der Waals surface area contributed by atoms with Crippen LogP contribution in [0.3, 0.4) is 0 Å². The Hall–Kier alpha value is -1.16. The van der Waals surface area contributed by atoms with E-state index in [1.54, 1.807) is 13.8 Å². The number of hydrogen-bond donors (Lipinski definition) is 0. The molecule has 1 aliphatic carbocycles. The third-order valence-electron chi connectivity index (χ3n) is 4.93. The van der Waals surface area contributed by atoms with Crippen molar-refractivity contribution in [3.8, 4) is 0 Å². The highest BCUT2D eigenvalue weighted by Gasteiger charge is 2.60. The first-order chi connectivity index (χ1) is 9.88. The van der Waals surface area contributed by atoms with Crippen molar-refractivity contribution in [2.45, 2.75) is 45.6 Å². The molecule has 112 valence electrons. The van der Waals surface area contributed by atoms with E-state index in [4.69, 9.17) is 4.74 Å². The van der Waals surface area contributed by atoms with Gasteiger partial charge in [0.15, 0.2) is 5.78 Å². The summed E-state index contributed by atoms with van der Waals surface area (Å²) in [4.78, 5) is 25.3. The summed E-state index contributed by atoms with van der Waals surface area (Å²) in [6.07, 6.45) is 3.21. The maximum absolute atomic E-state index is 13.0. The number of halogens is 1. The molecule has 0 radical (unpaired) electrons. The summed E-state index contributed by atoms with van der Waals surface area (Å²) in [7, 11) is 0. The van der Waals surface area contributed by atoms with Crippen LogP contribution in [0.25, 0.3) is 0 Å². The number of cyclic esters (lactones) is 1. The van der Waals surface area contributed by atoms with Crippen LogP contribution in [0, 0.1) is 10.8 Å². The van der Waals surface area contributed by atoms with Gasteiger partial charge in [0.25, 0.3) is 0 Å². The molecule has 4 heteroatoms. The lowest BCUT2D eigenvalue weighted by molar-refractivity contribution is -0.189. The number of ether oxygens (including phenoxy) is 1. The topological polar surface area (TPSA) is 43.4 Å². The maximum atomic E-state index is 13.0. The summed E-state index contributed by atoms with van der Waals surface area (Å²) < 4.78 is 6.73. The van der Waals surface area contributed by atoms with Crippen LogP contribution in [0.5, 0.6) is 0 Å². The second-order valence-corrected chi connectivity index (χ2v) is 7.57. The molecule has 2 fully saturated rings. The van der Waals surface area contributed by atoms with Gasteiger partial charge in [0.1, 0.15) is 11.5 Å². The first-order valence-electron chi connectivity index (χ1n) is 7.39. The Morgan fingerprint density at radius 3 is 2.24 bits per heavy atom. The molecular weight excluding hydrogens is 332 g/mol. The zero-order valence-electron chi connectivity index (χ0n) is 12.3. The summed E-state index contributed by atoms with van der Waals surface area (Å²) in [5.41, 5.74) is -0.654. The average Bonchev–Trinajstić information content (AvgIpc) is 2.93.